The van der Waals surface area contributed by atoms with Crippen LogP contribution in [-0.4, -0.2) is 31.1 Å². The van der Waals surface area contributed by atoms with Gasteiger partial charge in [-0.05, 0) is 36.4 Å². The Hall–Kier alpha value is -3.87. The summed E-state index contributed by atoms with van der Waals surface area (Å²) in [6, 6.07) is 14.5. The van der Waals surface area contributed by atoms with E-state index in [1.165, 1.54) is 0 Å². The van der Waals surface area contributed by atoms with Crippen LogP contribution in [0, 0.1) is 0 Å². The molecule has 4 rings (SSSR count). The zero-order valence-corrected chi connectivity index (χ0v) is 13.6. The van der Waals surface area contributed by atoms with Crippen molar-refractivity contribution in [2.75, 3.05) is 5.32 Å². The predicted octanol–water partition coefficient (Wildman–Crippen LogP) is 3.18. The number of H-pyrrole nitrogens is 1. The van der Waals surface area contributed by atoms with Crippen molar-refractivity contribution in [3.05, 3.63) is 79.0 Å². The van der Waals surface area contributed by atoms with Crippen LogP contribution in [0.3, 0.4) is 0 Å². The molecule has 7 heteroatoms. The van der Waals surface area contributed by atoms with Crippen LogP contribution in [0.4, 0.5) is 5.69 Å². The SMILES string of the molecule is O=C(Nc1cn[nH]c1-c1ccccn1)c1cccc(-c2ccncc2)n1. The number of aromatic amines is 1. The maximum Gasteiger partial charge on any atom is 0.274 e. The molecule has 0 aromatic carbocycles. The summed E-state index contributed by atoms with van der Waals surface area (Å²) >= 11 is 0. The van der Waals surface area contributed by atoms with Gasteiger partial charge in [-0.15, -0.1) is 0 Å². The van der Waals surface area contributed by atoms with Crippen molar-refractivity contribution in [2.45, 2.75) is 0 Å². The van der Waals surface area contributed by atoms with E-state index < -0.39 is 0 Å². The van der Waals surface area contributed by atoms with Gasteiger partial charge in [0.1, 0.15) is 11.4 Å². The fourth-order valence-corrected chi connectivity index (χ4v) is 2.52. The molecular formula is C19H14N6O. The second-order valence-corrected chi connectivity index (χ2v) is 5.47. The first-order valence-corrected chi connectivity index (χ1v) is 7.95. The van der Waals surface area contributed by atoms with Gasteiger partial charge in [-0.2, -0.15) is 5.10 Å². The average Bonchev–Trinajstić information content (AvgIpc) is 3.17. The average molecular weight is 342 g/mol. The number of aromatic nitrogens is 5. The first kappa shape index (κ1) is 15.6. The van der Waals surface area contributed by atoms with Gasteiger partial charge in [0.2, 0.25) is 0 Å². The van der Waals surface area contributed by atoms with Crippen molar-refractivity contribution < 1.29 is 4.79 Å². The summed E-state index contributed by atoms with van der Waals surface area (Å²) < 4.78 is 0. The molecule has 0 bridgehead atoms. The van der Waals surface area contributed by atoms with Crippen molar-refractivity contribution >= 4 is 11.6 Å². The molecule has 0 fully saturated rings. The Kier molecular flexibility index (Phi) is 4.17. The Balaban J connectivity index is 1.60. The summed E-state index contributed by atoms with van der Waals surface area (Å²) in [5, 5.41) is 9.70. The van der Waals surface area contributed by atoms with Gasteiger partial charge in [-0.3, -0.25) is 19.9 Å². The van der Waals surface area contributed by atoms with Crippen LogP contribution in [-0.2, 0) is 0 Å². The van der Waals surface area contributed by atoms with Gasteiger partial charge in [-0.1, -0.05) is 12.1 Å². The number of pyridine rings is 3. The monoisotopic (exact) mass is 342 g/mol. The lowest BCUT2D eigenvalue weighted by molar-refractivity contribution is 0.102. The molecular weight excluding hydrogens is 328 g/mol. The quantitative estimate of drug-likeness (QED) is 0.594. The van der Waals surface area contributed by atoms with Crippen LogP contribution < -0.4 is 5.32 Å². The molecule has 1 amide bonds. The molecule has 0 saturated carbocycles. The fraction of sp³-hybridized carbons (Fsp3) is 0. The van der Waals surface area contributed by atoms with E-state index in [1.807, 2.05) is 36.4 Å². The number of amides is 1. The highest BCUT2D eigenvalue weighted by Crippen LogP contribution is 2.24. The van der Waals surface area contributed by atoms with Gasteiger partial charge in [-0.25, -0.2) is 4.98 Å². The van der Waals surface area contributed by atoms with E-state index in [0.717, 1.165) is 5.56 Å². The highest BCUT2D eigenvalue weighted by atomic mass is 16.1. The third kappa shape index (κ3) is 3.18. The number of carbonyl (C=O) groups excluding carboxylic acids is 1. The molecule has 4 aromatic heterocycles. The molecule has 126 valence electrons. The molecule has 26 heavy (non-hydrogen) atoms. The minimum Gasteiger partial charge on any atom is -0.317 e. The molecule has 0 saturated heterocycles. The van der Waals surface area contributed by atoms with E-state index in [2.05, 4.69) is 30.5 Å². The topological polar surface area (TPSA) is 96.5 Å². The number of nitrogens with zero attached hydrogens (tertiary/aromatic N) is 4. The van der Waals surface area contributed by atoms with E-state index in [-0.39, 0.29) is 5.91 Å². The number of hydrogen-bond acceptors (Lipinski definition) is 5. The lowest BCUT2D eigenvalue weighted by Crippen LogP contribution is -2.14. The standard InChI is InChI=1S/C19H14N6O/c26-19(16-6-3-5-14(23-16)13-7-10-20-11-8-13)24-17-12-22-25-18(17)15-4-1-2-9-21-15/h1-12H,(H,22,25)(H,24,26). The summed E-state index contributed by atoms with van der Waals surface area (Å²) in [5.74, 6) is -0.320. The van der Waals surface area contributed by atoms with Gasteiger partial charge in [0, 0.05) is 24.2 Å². The van der Waals surface area contributed by atoms with Crippen molar-refractivity contribution in [2.24, 2.45) is 0 Å². The Labute approximate surface area is 149 Å². The molecule has 0 atom stereocenters. The smallest absolute Gasteiger partial charge is 0.274 e. The lowest BCUT2D eigenvalue weighted by Gasteiger charge is -2.07. The lowest BCUT2D eigenvalue weighted by atomic mass is 10.1. The van der Waals surface area contributed by atoms with E-state index in [0.29, 0.717) is 28.5 Å². The largest absolute Gasteiger partial charge is 0.317 e. The summed E-state index contributed by atoms with van der Waals surface area (Å²) in [6.45, 7) is 0. The third-order valence-electron chi connectivity index (χ3n) is 3.77. The van der Waals surface area contributed by atoms with Gasteiger partial charge in [0.25, 0.3) is 5.91 Å². The van der Waals surface area contributed by atoms with Gasteiger partial charge < -0.3 is 5.32 Å². The van der Waals surface area contributed by atoms with Gasteiger partial charge in [0.15, 0.2) is 0 Å². The number of carbonyl (C=O) groups is 1. The Morgan fingerprint density at radius 2 is 1.77 bits per heavy atom. The highest BCUT2D eigenvalue weighted by Gasteiger charge is 2.14. The summed E-state index contributed by atoms with van der Waals surface area (Å²) in [5.41, 5.74) is 3.80. The number of nitrogens with one attached hydrogen (secondary N) is 2. The molecule has 0 spiro atoms. The fourth-order valence-electron chi connectivity index (χ4n) is 2.52. The zero-order chi connectivity index (χ0) is 17.8. The normalized spacial score (nSPS) is 10.5. The molecule has 0 radical (unpaired) electrons. The molecule has 2 N–H and O–H groups in total. The van der Waals surface area contributed by atoms with Crippen molar-refractivity contribution in [3.63, 3.8) is 0 Å². The number of hydrogen-bond donors (Lipinski definition) is 2. The van der Waals surface area contributed by atoms with Crippen LogP contribution >= 0.6 is 0 Å². The zero-order valence-electron chi connectivity index (χ0n) is 13.6. The maximum atomic E-state index is 12.6. The van der Waals surface area contributed by atoms with Crippen LogP contribution in [0.1, 0.15) is 10.5 Å². The van der Waals surface area contributed by atoms with Crippen LogP contribution in [0.25, 0.3) is 22.6 Å². The molecule has 0 unspecified atom stereocenters. The van der Waals surface area contributed by atoms with Gasteiger partial charge >= 0.3 is 0 Å². The second-order valence-electron chi connectivity index (χ2n) is 5.47. The van der Waals surface area contributed by atoms with Crippen molar-refractivity contribution in [1.82, 2.24) is 25.1 Å². The second kappa shape index (κ2) is 6.94. The number of rotatable bonds is 4. The van der Waals surface area contributed by atoms with E-state index in [4.69, 9.17) is 0 Å². The van der Waals surface area contributed by atoms with Crippen LogP contribution in [0.5, 0.6) is 0 Å². The Bertz CT molecular complexity index is 1030. The third-order valence-corrected chi connectivity index (χ3v) is 3.77. The van der Waals surface area contributed by atoms with Crippen molar-refractivity contribution in [1.29, 1.82) is 0 Å². The van der Waals surface area contributed by atoms with E-state index >= 15 is 0 Å². The molecule has 0 aliphatic rings. The maximum absolute atomic E-state index is 12.6. The Morgan fingerprint density at radius 3 is 2.58 bits per heavy atom. The van der Waals surface area contributed by atoms with E-state index in [9.17, 15) is 4.79 Å². The van der Waals surface area contributed by atoms with Crippen LogP contribution in [0.2, 0.25) is 0 Å². The number of anilines is 1. The molecule has 0 aliphatic carbocycles. The first-order valence-electron chi connectivity index (χ1n) is 7.95. The molecule has 4 aromatic rings. The minimum atomic E-state index is -0.320. The first-order chi connectivity index (χ1) is 12.8. The van der Waals surface area contributed by atoms with E-state index in [1.54, 1.807) is 36.9 Å². The summed E-state index contributed by atoms with van der Waals surface area (Å²) in [6.07, 6.45) is 6.61. The molecule has 4 heterocycles. The van der Waals surface area contributed by atoms with Gasteiger partial charge in [0.05, 0.1) is 23.3 Å². The Morgan fingerprint density at radius 1 is 0.923 bits per heavy atom. The molecule has 0 aliphatic heterocycles. The summed E-state index contributed by atoms with van der Waals surface area (Å²) in [4.78, 5) is 25.3. The van der Waals surface area contributed by atoms with Crippen molar-refractivity contribution in [3.8, 4) is 22.6 Å². The predicted molar refractivity (Wildman–Crippen MR) is 97.2 cm³/mol. The minimum absolute atomic E-state index is 0.312. The molecule has 7 nitrogen and oxygen atoms in total. The summed E-state index contributed by atoms with van der Waals surface area (Å²) in [7, 11) is 0. The van der Waals surface area contributed by atoms with Crippen LogP contribution in [0.15, 0.2) is 73.3 Å². The highest BCUT2D eigenvalue weighted by molar-refractivity contribution is 6.04.